The first kappa shape index (κ1) is 20.5. The highest BCUT2D eigenvalue weighted by Crippen LogP contribution is 2.31. The maximum atomic E-state index is 12.0. The SMILES string of the molecule is COc1ccc(SCC(=O)OCc2nc(-c3ccc(OC)c(OC)c3)no2)cc1. The van der Waals surface area contributed by atoms with Crippen molar-refractivity contribution < 1.29 is 28.3 Å². The van der Waals surface area contributed by atoms with Crippen molar-refractivity contribution in [2.75, 3.05) is 27.1 Å². The zero-order chi connectivity index (χ0) is 20.6. The summed E-state index contributed by atoms with van der Waals surface area (Å²) in [6.45, 7) is -0.0949. The van der Waals surface area contributed by atoms with Crippen LogP contribution in [0.4, 0.5) is 0 Å². The van der Waals surface area contributed by atoms with E-state index in [1.807, 2.05) is 24.3 Å². The molecule has 29 heavy (non-hydrogen) atoms. The van der Waals surface area contributed by atoms with Crippen LogP contribution in [0.5, 0.6) is 17.2 Å². The molecule has 152 valence electrons. The molecule has 0 radical (unpaired) electrons. The predicted octanol–water partition coefficient (Wildman–Crippen LogP) is 3.60. The average molecular weight is 416 g/mol. The molecule has 0 aliphatic rings. The summed E-state index contributed by atoms with van der Waals surface area (Å²) < 4.78 is 25.9. The molecular weight excluding hydrogens is 396 g/mol. The highest BCUT2D eigenvalue weighted by Gasteiger charge is 2.14. The summed E-state index contributed by atoms with van der Waals surface area (Å²) in [6.07, 6.45) is 0. The van der Waals surface area contributed by atoms with Crippen molar-refractivity contribution in [3.05, 3.63) is 48.4 Å². The van der Waals surface area contributed by atoms with Gasteiger partial charge >= 0.3 is 5.97 Å². The first-order valence-electron chi connectivity index (χ1n) is 8.60. The van der Waals surface area contributed by atoms with Gasteiger partial charge in [-0.3, -0.25) is 4.79 Å². The Hall–Kier alpha value is -3.20. The number of esters is 1. The molecule has 3 rings (SSSR count). The van der Waals surface area contributed by atoms with Gasteiger partial charge in [0.2, 0.25) is 5.82 Å². The van der Waals surface area contributed by atoms with Crippen LogP contribution in [0.3, 0.4) is 0 Å². The molecule has 0 aliphatic heterocycles. The van der Waals surface area contributed by atoms with Crippen LogP contribution in [-0.2, 0) is 16.1 Å². The summed E-state index contributed by atoms with van der Waals surface area (Å²) in [5.41, 5.74) is 0.694. The first-order valence-corrected chi connectivity index (χ1v) is 9.59. The van der Waals surface area contributed by atoms with Gasteiger partial charge in [0.15, 0.2) is 18.1 Å². The third-order valence-corrected chi connectivity index (χ3v) is 4.87. The first-order chi connectivity index (χ1) is 14.1. The number of aromatic nitrogens is 2. The molecule has 1 aromatic heterocycles. The molecule has 0 aliphatic carbocycles. The summed E-state index contributed by atoms with van der Waals surface area (Å²) in [6, 6.07) is 12.7. The highest BCUT2D eigenvalue weighted by molar-refractivity contribution is 8.00. The lowest BCUT2D eigenvalue weighted by Gasteiger charge is -2.07. The number of methoxy groups -OCH3 is 3. The van der Waals surface area contributed by atoms with Crippen LogP contribution >= 0.6 is 11.8 Å². The van der Waals surface area contributed by atoms with Gasteiger partial charge in [-0.25, -0.2) is 0 Å². The number of rotatable bonds is 9. The van der Waals surface area contributed by atoms with Gasteiger partial charge in [0.25, 0.3) is 5.89 Å². The Kier molecular flexibility index (Phi) is 6.96. The molecule has 0 amide bonds. The van der Waals surface area contributed by atoms with Crippen LogP contribution in [0.25, 0.3) is 11.4 Å². The second-order valence-corrected chi connectivity index (χ2v) is 6.76. The van der Waals surface area contributed by atoms with Crippen LogP contribution in [0, 0.1) is 0 Å². The minimum Gasteiger partial charge on any atom is -0.497 e. The average Bonchev–Trinajstić information content (AvgIpc) is 3.25. The molecule has 0 bridgehead atoms. The van der Waals surface area contributed by atoms with Gasteiger partial charge in [0, 0.05) is 10.5 Å². The van der Waals surface area contributed by atoms with Crippen molar-refractivity contribution in [2.45, 2.75) is 11.5 Å². The summed E-state index contributed by atoms with van der Waals surface area (Å²) >= 11 is 1.37. The summed E-state index contributed by atoms with van der Waals surface area (Å²) in [5.74, 6) is 2.28. The lowest BCUT2D eigenvalue weighted by molar-refractivity contribution is -0.142. The fourth-order valence-corrected chi connectivity index (χ4v) is 3.10. The standard InChI is InChI=1S/C20H20N2O6S/c1-24-14-5-7-15(8-6-14)29-12-19(23)27-11-18-21-20(22-28-18)13-4-9-16(25-2)17(10-13)26-3/h4-10H,11-12H2,1-3H3. The van der Waals surface area contributed by atoms with Gasteiger partial charge in [-0.15, -0.1) is 11.8 Å². The predicted molar refractivity (Wildman–Crippen MR) is 106 cm³/mol. The molecule has 8 nitrogen and oxygen atoms in total. The number of carbonyl (C=O) groups excluding carboxylic acids is 1. The van der Waals surface area contributed by atoms with Gasteiger partial charge in [0.05, 0.1) is 27.1 Å². The number of ether oxygens (including phenoxy) is 4. The number of thioether (sulfide) groups is 1. The zero-order valence-corrected chi connectivity index (χ0v) is 17.0. The molecule has 9 heteroatoms. The zero-order valence-electron chi connectivity index (χ0n) is 16.2. The quantitative estimate of drug-likeness (QED) is 0.383. The van der Waals surface area contributed by atoms with Crippen molar-refractivity contribution in [2.24, 2.45) is 0 Å². The van der Waals surface area contributed by atoms with Gasteiger partial charge < -0.3 is 23.5 Å². The summed E-state index contributed by atoms with van der Waals surface area (Å²) in [7, 11) is 4.71. The van der Waals surface area contributed by atoms with Crippen molar-refractivity contribution in [3.8, 4) is 28.6 Å². The van der Waals surface area contributed by atoms with Crippen molar-refractivity contribution in [3.63, 3.8) is 0 Å². The minimum atomic E-state index is -0.378. The van der Waals surface area contributed by atoms with Crippen molar-refractivity contribution >= 4 is 17.7 Å². The molecule has 0 unspecified atom stereocenters. The molecule has 0 N–H and O–H groups in total. The topological polar surface area (TPSA) is 92.9 Å². The van der Waals surface area contributed by atoms with Crippen LogP contribution in [0.1, 0.15) is 5.89 Å². The Morgan fingerprint density at radius 2 is 1.76 bits per heavy atom. The van der Waals surface area contributed by atoms with E-state index in [1.165, 1.54) is 11.8 Å². The molecule has 0 spiro atoms. The number of carbonyl (C=O) groups is 1. The number of benzene rings is 2. The third kappa shape index (κ3) is 5.41. The van der Waals surface area contributed by atoms with E-state index in [9.17, 15) is 4.79 Å². The Balaban J connectivity index is 1.52. The number of hydrogen-bond donors (Lipinski definition) is 0. The fourth-order valence-electron chi connectivity index (χ4n) is 2.40. The fraction of sp³-hybridized carbons (Fsp3) is 0.250. The lowest BCUT2D eigenvalue weighted by Crippen LogP contribution is -2.07. The minimum absolute atomic E-state index is 0.0949. The van der Waals surface area contributed by atoms with Crippen molar-refractivity contribution in [1.29, 1.82) is 0 Å². The summed E-state index contributed by atoms with van der Waals surface area (Å²) in [4.78, 5) is 17.1. The number of nitrogens with zero attached hydrogens (tertiary/aromatic N) is 2. The van der Waals surface area contributed by atoms with E-state index in [-0.39, 0.29) is 24.2 Å². The van der Waals surface area contributed by atoms with E-state index in [1.54, 1.807) is 39.5 Å². The van der Waals surface area contributed by atoms with E-state index in [0.717, 1.165) is 10.6 Å². The molecular formula is C20H20N2O6S. The molecule has 0 fully saturated rings. The molecule has 1 heterocycles. The number of hydrogen-bond acceptors (Lipinski definition) is 9. The Morgan fingerprint density at radius 1 is 1.00 bits per heavy atom. The van der Waals surface area contributed by atoms with E-state index in [4.69, 9.17) is 23.5 Å². The van der Waals surface area contributed by atoms with E-state index in [0.29, 0.717) is 22.9 Å². The van der Waals surface area contributed by atoms with Gasteiger partial charge in [-0.2, -0.15) is 4.98 Å². The van der Waals surface area contributed by atoms with Crippen LogP contribution in [0.15, 0.2) is 51.9 Å². The molecule has 0 saturated heterocycles. The molecule has 0 atom stereocenters. The lowest BCUT2D eigenvalue weighted by atomic mass is 10.2. The van der Waals surface area contributed by atoms with Crippen LogP contribution in [-0.4, -0.2) is 43.2 Å². The molecule has 0 saturated carbocycles. The van der Waals surface area contributed by atoms with Crippen LogP contribution in [0.2, 0.25) is 0 Å². The molecule has 2 aromatic carbocycles. The molecule has 3 aromatic rings. The van der Waals surface area contributed by atoms with E-state index in [2.05, 4.69) is 10.1 Å². The highest BCUT2D eigenvalue weighted by atomic mass is 32.2. The van der Waals surface area contributed by atoms with Gasteiger partial charge in [-0.1, -0.05) is 5.16 Å². The second kappa shape index (κ2) is 9.83. The van der Waals surface area contributed by atoms with E-state index >= 15 is 0 Å². The summed E-state index contributed by atoms with van der Waals surface area (Å²) in [5, 5.41) is 3.91. The maximum Gasteiger partial charge on any atom is 0.316 e. The Morgan fingerprint density at radius 3 is 2.45 bits per heavy atom. The second-order valence-electron chi connectivity index (χ2n) is 5.71. The smallest absolute Gasteiger partial charge is 0.316 e. The monoisotopic (exact) mass is 416 g/mol. The van der Waals surface area contributed by atoms with Gasteiger partial charge in [-0.05, 0) is 42.5 Å². The largest absolute Gasteiger partial charge is 0.497 e. The Labute approximate surface area is 172 Å². The van der Waals surface area contributed by atoms with Crippen molar-refractivity contribution in [1.82, 2.24) is 10.1 Å². The maximum absolute atomic E-state index is 12.0. The normalized spacial score (nSPS) is 10.4. The van der Waals surface area contributed by atoms with E-state index < -0.39 is 0 Å². The Bertz CT molecular complexity index is 958. The van der Waals surface area contributed by atoms with Gasteiger partial charge in [0.1, 0.15) is 5.75 Å². The van der Waals surface area contributed by atoms with Crippen LogP contribution < -0.4 is 14.2 Å². The third-order valence-electron chi connectivity index (χ3n) is 3.88.